The van der Waals surface area contributed by atoms with Gasteiger partial charge < -0.3 is 10.8 Å². The van der Waals surface area contributed by atoms with Crippen LogP contribution in [0, 0.1) is 5.41 Å². The van der Waals surface area contributed by atoms with Gasteiger partial charge in [-0.3, -0.25) is 4.79 Å². The third-order valence-electron chi connectivity index (χ3n) is 2.58. The molecule has 3 nitrogen and oxygen atoms in total. The number of unbranched alkanes of at least 4 members (excludes halogenated alkanes) is 1. The zero-order chi connectivity index (χ0) is 10.3. The molecule has 13 heavy (non-hydrogen) atoms. The Kier molecular flexibility index (Phi) is 5.71. The fraction of sp³-hybridized carbons (Fsp3) is 0.900. The molecule has 0 fully saturated rings. The van der Waals surface area contributed by atoms with Crippen molar-refractivity contribution in [1.29, 1.82) is 0 Å². The molecular weight excluding hydrogens is 166 g/mol. The zero-order valence-corrected chi connectivity index (χ0v) is 8.68. The maximum absolute atomic E-state index is 11.1. The highest BCUT2D eigenvalue weighted by atomic mass is 16.4. The van der Waals surface area contributed by atoms with E-state index in [2.05, 4.69) is 6.92 Å². The highest BCUT2D eigenvalue weighted by Gasteiger charge is 2.35. The van der Waals surface area contributed by atoms with Crippen LogP contribution in [0.4, 0.5) is 0 Å². The third kappa shape index (κ3) is 3.35. The Balaban J connectivity index is 4.35. The van der Waals surface area contributed by atoms with Crippen LogP contribution in [0.15, 0.2) is 0 Å². The van der Waals surface area contributed by atoms with Crippen LogP contribution in [0.25, 0.3) is 0 Å². The van der Waals surface area contributed by atoms with Gasteiger partial charge in [-0.05, 0) is 12.8 Å². The first-order valence-corrected chi connectivity index (χ1v) is 5.06. The summed E-state index contributed by atoms with van der Waals surface area (Å²) in [4.78, 5) is 11.1. The highest BCUT2D eigenvalue weighted by molar-refractivity contribution is 5.74. The van der Waals surface area contributed by atoms with E-state index >= 15 is 0 Å². The molecule has 0 heterocycles. The van der Waals surface area contributed by atoms with Gasteiger partial charge in [0, 0.05) is 6.54 Å². The lowest BCUT2D eigenvalue weighted by Crippen LogP contribution is -2.38. The van der Waals surface area contributed by atoms with Crippen molar-refractivity contribution in [2.24, 2.45) is 11.1 Å². The number of nitrogens with two attached hydrogens (primary N) is 1. The lowest BCUT2D eigenvalue weighted by atomic mass is 9.79. The molecule has 0 radical (unpaired) electrons. The molecule has 78 valence electrons. The van der Waals surface area contributed by atoms with Crippen molar-refractivity contribution >= 4 is 5.97 Å². The van der Waals surface area contributed by atoms with Gasteiger partial charge >= 0.3 is 5.97 Å². The predicted octanol–water partition coefficient (Wildman–Crippen LogP) is 2.01. The molecule has 0 saturated heterocycles. The molecule has 1 atom stereocenters. The summed E-state index contributed by atoms with van der Waals surface area (Å²) in [5.74, 6) is -0.731. The van der Waals surface area contributed by atoms with E-state index in [4.69, 9.17) is 10.8 Å². The van der Waals surface area contributed by atoms with Gasteiger partial charge in [0.2, 0.25) is 0 Å². The van der Waals surface area contributed by atoms with Crippen LogP contribution >= 0.6 is 0 Å². The minimum absolute atomic E-state index is 0.260. The Hall–Kier alpha value is -0.570. The molecule has 3 N–H and O–H groups in total. The summed E-state index contributed by atoms with van der Waals surface area (Å²) in [6.07, 6.45) is 4.26. The molecule has 0 saturated carbocycles. The van der Waals surface area contributed by atoms with Crippen molar-refractivity contribution in [2.45, 2.75) is 46.0 Å². The van der Waals surface area contributed by atoms with Gasteiger partial charge in [0.1, 0.15) is 0 Å². The van der Waals surface area contributed by atoms with Crippen LogP contribution < -0.4 is 5.73 Å². The monoisotopic (exact) mass is 187 g/mol. The van der Waals surface area contributed by atoms with E-state index in [1.807, 2.05) is 6.92 Å². The molecule has 0 spiro atoms. The standard InChI is InChI=1S/C10H21NO2/c1-3-5-7-10(8-11,6-4-2)9(12)13/h3-8,11H2,1-2H3,(H,12,13). The number of carboxylic acids is 1. The molecule has 3 heteroatoms. The molecule has 1 unspecified atom stereocenters. The lowest BCUT2D eigenvalue weighted by molar-refractivity contribution is -0.149. The van der Waals surface area contributed by atoms with Crippen LogP contribution in [0.2, 0.25) is 0 Å². The third-order valence-corrected chi connectivity index (χ3v) is 2.58. The molecule has 0 bridgehead atoms. The van der Waals surface area contributed by atoms with Crippen molar-refractivity contribution in [3.63, 3.8) is 0 Å². The normalized spacial score (nSPS) is 15.3. The molecule has 0 aromatic heterocycles. The average Bonchev–Trinajstić information content (AvgIpc) is 2.12. The smallest absolute Gasteiger partial charge is 0.310 e. The molecule has 0 amide bonds. The quantitative estimate of drug-likeness (QED) is 0.640. The first kappa shape index (κ1) is 12.4. The Labute approximate surface area is 80.3 Å². The predicted molar refractivity (Wildman–Crippen MR) is 53.6 cm³/mol. The van der Waals surface area contributed by atoms with Gasteiger partial charge in [0.15, 0.2) is 0 Å². The Bertz CT molecular complexity index is 159. The van der Waals surface area contributed by atoms with Crippen molar-refractivity contribution in [2.75, 3.05) is 6.54 Å². The van der Waals surface area contributed by atoms with E-state index in [9.17, 15) is 4.79 Å². The summed E-state index contributed by atoms with van der Waals surface area (Å²) in [5.41, 5.74) is 4.89. The fourth-order valence-corrected chi connectivity index (χ4v) is 1.62. The Morgan fingerprint density at radius 2 is 1.92 bits per heavy atom. The largest absolute Gasteiger partial charge is 0.481 e. The second-order valence-corrected chi connectivity index (χ2v) is 3.64. The molecule has 0 aliphatic rings. The van der Waals surface area contributed by atoms with Gasteiger partial charge in [0.05, 0.1) is 5.41 Å². The molecular formula is C10H21NO2. The van der Waals surface area contributed by atoms with Gasteiger partial charge in [0.25, 0.3) is 0 Å². The van der Waals surface area contributed by atoms with E-state index in [0.29, 0.717) is 12.8 Å². The van der Waals surface area contributed by atoms with Crippen molar-refractivity contribution in [3.05, 3.63) is 0 Å². The first-order chi connectivity index (χ1) is 6.13. The molecule has 0 aliphatic heterocycles. The van der Waals surface area contributed by atoms with Gasteiger partial charge in [-0.1, -0.05) is 33.1 Å². The van der Waals surface area contributed by atoms with Crippen LogP contribution in [-0.4, -0.2) is 17.6 Å². The molecule has 0 aromatic carbocycles. The second kappa shape index (κ2) is 5.97. The van der Waals surface area contributed by atoms with Crippen LogP contribution in [0.1, 0.15) is 46.0 Å². The highest BCUT2D eigenvalue weighted by Crippen LogP contribution is 2.29. The van der Waals surface area contributed by atoms with Crippen LogP contribution in [0.3, 0.4) is 0 Å². The number of carboxylic acid groups (broad SMARTS) is 1. The zero-order valence-electron chi connectivity index (χ0n) is 8.68. The van der Waals surface area contributed by atoms with E-state index in [1.54, 1.807) is 0 Å². The van der Waals surface area contributed by atoms with E-state index in [-0.39, 0.29) is 6.54 Å². The second-order valence-electron chi connectivity index (χ2n) is 3.64. The molecule has 0 aromatic rings. The summed E-state index contributed by atoms with van der Waals surface area (Å²) in [6.45, 7) is 4.32. The Morgan fingerprint density at radius 3 is 2.23 bits per heavy atom. The average molecular weight is 187 g/mol. The number of rotatable bonds is 7. The van der Waals surface area contributed by atoms with Crippen LogP contribution in [-0.2, 0) is 4.79 Å². The minimum atomic E-state index is -0.731. The molecule has 0 aliphatic carbocycles. The summed E-state index contributed by atoms with van der Waals surface area (Å²) >= 11 is 0. The summed E-state index contributed by atoms with van der Waals surface area (Å²) in [7, 11) is 0. The number of hydrogen-bond donors (Lipinski definition) is 2. The number of aliphatic carboxylic acids is 1. The Morgan fingerprint density at radius 1 is 1.31 bits per heavy atom. The van der Waals surface area contributed by atoms with Crippen molar-refractivity contribution in [3.8, 4) is 0 Å². The topological polar surface area (TPSA) is 63.3 Å². The van der Waals surface area contributed by atoms with Gasteiger partial charge in [-0.25, -0.2) is 0 Å². The summed E-state index contributed by atoms with van der Waals surface area (Å²) in [6, 6.07) is 0. The molecule has 0 rings (SSSR count). The van der Waals surface area contributed by atoms with E-state index in [1.165, 1.54) is 0 Å². The fourth-order valence-electron chi connectivity index (χ4n) is 1.62. The van der Waals surface area contributed by atoms with Gasteiger partial charge in [-0.2, -0.15) is 0 Å². The number of carbonyl (C=O) groups is 1. The minimum Gasteiger partial charge on any atom is -0.481 e. The SMILES string of the molecule is CCCCC(CN)(CCC)C(=O)O. The van der Waals surface area contributed by atoms with Crippen molar-refractivity contribution < 1.29 is 9.90 Å². The van der Waals surface area contributed by atoms with E-state index in [0.717, 1.165) is 19.3 Å². The maximum atomic E-state index is 11.1. The van der Waals surface area contributed by atoms with Crippen LogP contribution in [0.5, 0.6) is 0 Å². The maximum Gasteiger partial charge on any atom is 0.310 e. The summed E-state index contributed by atoms with van der Waals surface area (Å²) < 4.78 is 0. The van der Waals surface area contributed by atoms with Crippen molar-refractivity contribution in [1.82, 2.24) is 0 Å². The number of hydrogen-bond acceptors (Lipinski definition) is 2. The van der Waals surface area contributed by atoms with E-state index < -0.39 is 11.4 Å². The summed E-state index contributed by atoms with van der Waals surface area (Å²) in [5, 5.41) is 9.10. The van der Waals surface area contributed by atoms with Gasteiger partial charge in [-0.15, -0.1) is 0 Å². The lowest BCUT2D eigenvalue weighted by Gasteiger charge is -2.27. The first-order valence-electron chi connectivity index (χ1n) is 5.06.